The minimum atomic E-state index is 0.153. The van der Waals surface area contributed by atoms with Crippen LogP contribution in [0.5, 0.6) is 5.75 Å². The van der Waals surface area contributed by atoms with Crippen LogP contribution >= 0.6 is 11.6 Å². The molecular formula is C17H16ClNO2. The molecular weight excluding hydrogens is 286 g/mol. The van der Waals surface area contributed by atoms with E-state index in [9.17, 15) is 4.79 Å². The monoisotopic (exact) mass is 301 g/mol. The highest BCUT2D eigenvalue weighted by atomic mass is 35.5. The number of nitrogens with zero attached hydrogens (tertiary/aromatic N) is 1. The van der Waals surface area contributed by atoms with Gasteiger partial charge >= 0.3 is 0 Å². The number of halogens is 1. The average molecular weight is 302 g/mol. The van der Waals surface area contributed by atoms with Gasteiger partial charge in [-0.3, -0.25) is 4.79 Å². The van der Waals surface area contributed by atoms with Crippen molar-refractivity contribution in [2.45, 2.75) is 19.4 Å². The number of benzene rings is 2. The van der Waals surface area contributed by atoms with Crippen LogP contribution in [0.1, 0.15) is 17.5 Å². The topological polar surface area (TPSA) is 29.5 Å². The number of methoxy groups -OCH3 is 1. The molecule has 0 unspecified atom stereocenters. The third kappa shape index (κ3) is 2.88. The first-order chi connectivity index (χ1) is 10.2. The molecule has 2 aromatic carbocycles. The molecule has 0 aromatic heterocycles. The predicted molar refractivity (Wildman–Crippen MR) is 84.0 cm³/mol. The second-order valence-electron chi connectivity index (χ2n) is 5.10. The standard InChI is InChI=1S/C17H16ClNO2/c1-21-15-6-2-12(3-7-15)11-19-16-8-5-14(18)10-13(16)4-9-17(19)20/h2-3,5-8,10H,4,9,11H2,1H3. The normalized spacial score (nSPS) is 14.0. The van der Waals surface area contributed by atoms with E-state index in [0.29, 0.717) is 18.0 Å². The maximum absolute atomic E-state index is 12.2. The molecule has 0 atom stereocenters. The van der Waals surface area contributed by atoms with Gasteiger partial charge in [0.15, 0.2) is 0 Å². The third-order valence-electron chi connectivity index (χ3n) is 3.74. The van der Waals surface area contributed by atoms with E-state index in [1.807, 2.05) is 47.4 Å². The van der Waals surface area contributed by atoms with Gasteiger partial charge in [-0.05, 0) is 47.9 Å². The highest BCUT2D eigenvalue weighted by molar-refractivity contribution is 6.30. The zero-order valence-corrected chi connectivity index (χ0v) is 12.6. The first-order valence-electron chi connectivity index (χ1n) is 6.89. The molecule has 0 fully saturated rings. The Morgan fingerprint density at radius 2 is 1.90 bits per heavy atom. The Bertz CT molecular complexity index is 667. The molecule has 1 heterocycles. The quantitative estimate of drug-likeness (QED) is 0.862. The Morgan fingerprint density at radius 1 is 1.14 bits per heavy atom. The zero-order valence-electron chi connectivity index (χ0n) is 11.8. The van der Waals surface area contributed by atoms with Crippen LogP contribution in [0.25, 0.3) is 0 Å². The second-order valence-corrected chi connectivity index (χ2v) is 5.54. The van der Waals surface area contributed by atoms with Gasteiger partial charge < -0.3 is 9.64 Å². The molecule has 0 N–H and O–H groups in total. The SMILES string of the molecule is COc1ccc(CN2C(=O)CCc3cc(Cl)ccc32)cc1. The fourth-order valence-electron chi connectivity index (χ4n) is 2.62. The van der Waals surface area contributed by atoms with Crippen LogP contribution in [0.15, 0.2) is 42.5 Å². The molecule has 1 aliphatic rings. The van der Waals surface area contributed by atoms with Gasteiger partial charge in [-0.2, -0.15) is 0 Å². The number of rotatable bonds is 3. The first kappa shape index (κ1) is 14.0. The highest BCUT2D eigenvalue weighted by Gasteiger charge is 2.24. The molecule has 0 saturated heterocycles. The van der Waals surface area contributed by atoms with Gasteiger partial charge in [-0.25, -0.2) is 0 Å². The molecule has 4 heteroatoms. The average Bonchev–Trinajstić information content (AvgIpc) is 2.51. The van der Waals surface area contributed by atoms with E-state index in [2.05, 4.69) is 0 Å². The lowest BCUT2D eigenvalue weighted by atomic mass is 10.0. The summed E-state index contributed by atoms with van der Waals surface area (Å²) in [6.07, 6.45) is 1.29. The number of hydrogen-bond donors (Lipinski definition) is 0. The lowest BCUT2D eigenvalue weighted by Crippen LogP contribution is -2.34. The Morgan fingerprint density at radius 3 is 2.62 bits per heavy atom. The van der Waals surface area contributed by atoms with E-state index in [4.69, 9.17) is 16.3 Å². The van der Waals surface area contributed by atoms with Gasteiger partial charge in [-0.15, -0.1) is 0 Å². The molecule has 3 nitrogen and oxygen atoms in total. The molecule has 1 aliphatic heterocycles. The van der Waals surface area contributed by atoms with Crippen LogP contribution in [0, 0.1) is 0 Å². The van der Waals surface area contributed by atoms with Crippen molar-refractivity contribution in [2.75, 3.05) is 12.0 Å². The largest absolute Gasteiger partial charge is 0.497 e. The van der Waals surface area contributed by atoms with E-state index < -0.39 is 0 Å². The van der Waals surface area contributed by atoms with Gasteiger partial charge in [0.25, 0.3) is 0 Å². The van der Waals surface area contributed by atoms with Crippen molar-refractivity contribution < 1.29 is 9.53 Å². The molecule has 0 bridgehead atoms. The van der Waals surface area contributed by atoms with Crippen LogP contribution in [-0.2, 0) is 17.8 Å². The minimum Gasteiger partial charge on any atom is -0.497 e. The smallest absolute Gasteiger partial charge is 0.227 e. The van der Waals surface area contributed by atoms with Crippen molar-refractivity contribution in [2.24, 2.45) is 0 Å². The lowest BCUT2D eigenvalue weighted by molar-refractivity contribution is -0.119. The number of ether oxygens (including phenoxy) is 1. The number of hydrogen-bond acceptors (Lipinski definition) is 2. The number of carbonyl (C=O) groups excluding carboxylic acids is 1. The lowest BCUT2D eigenvalue weighted by Gasteiger charge is -2.29. The Hall–Kier alpha value is -2.00. The number of aryl methyl sites for hydroxylation is 1. The Balaban J connectivity index is 1.89. The van der Waals surface area contributed by atoms with Crippen molar-refractivity contribution in [1.29, 1.82) is 0 Å². The molecule has 0 spiro atoms. The maximum Gasteiger partial charge on any atom is 0.227 e. The van der Waals surface area contributed by atoms with Gasteiger partial charge in [-0.1, -0.05) is 23.7 Å². The van der Waals surface area contributed by atoms with E-state index in [-0.39, 0.29) is 5.91 Å². The summed E-state index contributed by atoms with van der Waals surface area (Å²) in [7, 11) is 1.64. The van der Waals surface area contributed by atoms with Crippen molar-refractivity contribution in [1.82, 2.24) is 0 Å². The second kappa shape index (κ2) is 5.78. The van der Waals surface area contributed by atoms with E-state index in [0.717, 1.165) is 29.0 Å². The molecule has 1 amide bonds. The Labute approximate surface area is 129 Å². The summed E-state index contributed by atoms with van der Waals surface area (Å²) in [5.41, 5.74) is 3.18. The summed E-state index contributed by atoms with van der Waals surface area (Å²) < 4.78 is 5.15. The molecule has 21 heavy (non-hydrogen) atoms. The summed E-state index contributed by atoms with van der Waals surface area (Å²) in [5.74, 6) is 0.969. The summed E-state index contributed by atoms with van der Waals surface area (Å²) in [6.45, 7) is 0.567. The summed E-state index contributed by atoms with van der Waals surface area (Å²) >= 11 is 6.04. The maximum atomic E-state index is 12.2. The Kier molecular flexibility index (Phi) is 3.84. The summed E-state index contributed by atoms with van der Waals surface area (Å²) in [4.78, 5) is 14.1. The van der Waals surface area contributed by atoms with Crippen molar-refractivity contribution in [3.8, 4) is 5.75 Å². The molecule has 108 valence electrons. The van der Waals surface area contributed by atoms with E-state index in [1.54, 1.807) is 7.11 Å². The fourth-order valence-corrected chi connectivity index (χ4v) is 2.81. The van der Waals surface area contributed by atoms with Gasteiger partial charge in [0.2, 0.25) is 5.91 Å². The van der Waals surface area contributed by atoms with Crippen LogP contribution in [0.4, 0.5) is 5.69 Å². The van der Waals surface area contributed by atoms with Gasteiger partial charge in [0.05, 0.1) is 13.7 Å². The molecule has 0 radical (unpaired) electrons. The predicted octanol–water partition coefficient (Wildman–Crippen LogP) is 3.83. The van der Waals surface area contributed by atoms with Crippen LogP contribution in [0.2, 0.25) is 5.02 Å². The van der Waals surface area contributed by atoms with E-state index >= 15 is 0 Å². The number of amides is 1. The fraction of sp³-hybridized carbons (Fsp3) is 0.235. The van der Waals surface area contributed by atoms with Gasteiger partial charge in [0.1, 0.15) is 5.75 Å². The van der Waals surface area contributed by atoms with E-state index in [1.165, 1.54) is 0 Å². The minimum absolute atomic E-state index is 0.153. The molecule has 3 rings (SSSR count). The van der Waals surface area contributed by atoms with Crippen LogP contribution in [0.3, 0.4) is 0 Å². The molecule has 2 aromatic rings. The number of carbonyl (C=O) groups is 1. The highest BCUT2D eigenvalue weighted by Crippen LogP contribution is 2.31. The van der Waals surface area contributed by atoms with Crippen LogP contribution < -0.4 is 9.64 Å². The summed E-state index contributed by atoms with van der Waals surface area (Å²) in [6, 6.07) is 13.5. The third-order valence-corrected chi connectivity index (χ3v) is 3.98. The number of fused-ring (bicyclic) bond motifs is 1. The van der Waals surface area contributed by atoms with Crippen LogP contribution in [-0.4, -0.2) is 13.0 Å². The number of anilines is 1. The van der Waals surface area contributed by atoms with Gasteiger partial charge in [0, 0.05) is 17.1 Å². The van der Waals surface area contributed by atoms with Crippen molar-refractivity contribution >= 4 is 23.2 Å². The molecule has 0 aliphatic carbocycles. The zero-order chi connectivity index (χ0) is 14.8. The summed E-state index contributed by atoms with van der Waals surface area (Å²) in [5, 5.41) is 0.715. The first-order valence-corrected chi connectivity index (χ1v) is 7.27. The van der Waals surface area contributed by atoms with Crippen molar-refractivity contribution in [3.63, 3.8) is 0 Å². The van der Waals surface area contributed by atoms with Crippen molar-refractivity contribution in [3.05, 3.63) is 58.6 Å². The molecule has 0 saturated carbocycles.